The topological polar surface area (TPSA) is 46.5 Å². The molecule has 1 saturated carbocycles. The fourth-order valence-electron chi connectivity index (χ4n) is 3.05. The number of methoxy groups -OCH3 is 1. The van der Waals surface area contributed by atoms with Crippen molar-refractivity contribution in [2.24, 2.45) is 11.8 Å². The van der Waals surface area contributed by atoms with Crippen LogP contribution in [0.5, 0.6) is 0 Å². The van der Waals surface area contributed by atoms with Crippen molar-refractivity contribution in [1.82, 2.24) is 0 Å². The standard InChI is InChI=1S/C21H34O3/c1-3-4-7-14-20(22)15-9-6-5-8-12-18-17-19(18)13-10-11-16-21(23)24-2/h5-6,18-20,22H,3-4,7-8,10-14,16-17H2,1-2H3/t18-,19-,20+/m1/s1. The molecule has 0 heterocycles. The number of ether oxygens (including phenoxy) is 1. The molecule has 3 atom stereocenters. The van der Waals surface area contributed by atoms with E-state index in [1.165, 1.54) is 39.2 Å². The smallest absolute Gasteiger partial charge is 0.305 e. The zero-order valence-electron chi connectivity index (χ0n) is 15.4. The van der Waals surface area contributed by atoms with Crippen LogP contribution < -0.4 is 0 Å². The number of aliphatic hydroxyl groups excluding tert-OH is 1. The molecule has 136 valence electrons. The molecule has 0 spiro atoms. The van der Waals surface area contributed by atoms with Crippen LogP contribution in [0.3, 0.4) is 0 Å². The molecule has 1 fully saturated rings. The normalized spacial score (nSPS) is 20.5. The third-order valence-electron chi connectivity index (χ3n) is 4.74. The molecule has 0 aromatic heterocycles. The van der Waals surface area contributed by atoms with E-state index in [0.717, 1.165) is 43.9 Å². The second-order valence-electron chi connectivity index (χ2n) is 6.86. The Morgan fingerprint density at radius 1 is 1.25 bits per heavy atom. The summed E-state index contributed by atoms with van der Waals surface area (Å²) in [5.74, 6) is 7.47. The molecular formula is C21H34O3. The quantitative estimate of drug-likeness (QED) is 0.321. The highest BCUT2D eigenvalue weighted by molar-refractivity contribution is 5.68. The molecule has 0 unspecified atom stereocenters. The van der Waals surface area contributed by atoms with Gasteiger partial charge in [-0.25, -0.2) is 0 Å². The van der Waals surface area contributed by atoms with Crippen LogP contribution in [-0.4, -0.2) is 24.3 Å². The van der Waals surface area contributed by atoms with E-state index in [0.29, 0.717) is 6.42 Å². The van der Waals surface area contributed by atoms with Gasteiger partial charge in [-0.2, -0.15) is 0 Å². The van der Waals surface area contributed by atoms with E-state index < -0.39 is 6.10 Å². The van der Waals surface area contributed by atoms with E-state index in [1.807, 2.05) is 6.08 Å². The van der Waals surface area contributed by atoms with Gasteiger partial charge < -0.3 is 9.84 Å². The average molecular weight is 335 g/mol. The van der Waals surface area contributed by atoms with Gasteiger partial charge in [-0.05, 0) is 56.4 Å². The molecule has 3 nitrogen and oxygen atoms in total. The van der Waals surface area contributed by atoms with Crippen LogP contribution in [0.25, 0.3) is 0 Å². The van der Waals surface area contributed by atoms with Crippen LogP contribution in [-0.2, 0) is 9.53 Å². The molecule has 0 aliphatic heterocycles. The zero-order valence-corrected chi connectivity index (χ0v) is 15.4. The van der Waals surface area contributed by atoms with E-state index in [9.17, 15) is 9.90 Å². The summed E-state index contributed by atoms with van der Waals surface area (Å²) in [4.78, 5) is 11.0. The van der Waals surface area contributed by atoms with Crippen LogP contribution in [0.1, 0.15) is 77.6 Å². The lowest BCUT2D eigenvalue weighted by Crippen LogP contribution is -2.01. The Hall–Kier alpha value is -1.27. The lowest BCUT2D eigenvalue weighted by Gasteiger charge is -2.00. The van der Waals surface area contributed by atoms with Crippen LogP contribution >= 0.6 is 0 Å². The van der Waals surface area contributed by atoms with E-state index >= 15 is 0 Å². The van der Waals surface area contributed by atoms with Crippen LogP contribution in [0.4, 0.5) is 0 Å². The first-order chi connectivity index (χ1) is 11.7. The van der Waals surface area contributed by atoms with Gasteiger partial charge >= 0.3 is 5.97 Å². The van der Waals surface area contributed by atoms with Gasteiger partial charge in [-0.15, -0.1) is 0 Å². The Bertz CT molecular complexity index is 430. The summed E-state index contributed by atoms with van der Waals surface area (Å²) in [5, 5.41) is 9.68. The molecule has 1 rings (SSSR count). The first-order valence-electron chi connectivity index (χ1n) is 9.58. The van der Waals surface area contributed by atoms with Crippen molar-refractivity contribution in [3.8, 4) is 11.8 Å². The number of esters is 1. The lowest BCUT2D eigenvalue weighted by molar-refractivity contribution is -0.140. The van der Waals surface area contributed by atoms with Crippen molar-refractivity contribution in [1.29, 1.82) is 0 Å². The second kappa shape index (κ2) is 13.1. The maximum Gasteiger partial charge on any atom is 0.305 e. The molecule has 1 aliphatic carbocycles. The number of unbranched alkanes of at least 4 members (excludes halogenated alkanes) is 3. The molecule has 0 radical (unpaired) electrons. The van der Waals surface area contributed by atoms with Crippen molar-refractivity contribution in [3.63, 3.8) is 0 Å². The summed E-state index contributed by atoms with van der Waals surface area (Å²) in [6, 6.07) is 0. The molecule has 1 N–H and O–H groups in total. The molecule has 0 aromatic carbocycles. The molecule has 0 bridgehead atoms. The van der Waals surface area contributed by atoms with Gasteiger partial charge in [0.15, 0.2) is 0 Å². The van der Waals surface area contributed by atoms with Gasteiger partial charge in [0.25, 0.3) is 0 Å². The largest absolute Gasteiger partial charge is 0.469 e. The first kappa shape index (κ1) is 20.8. The Morgan fingerprint density at radius 2 is 2.04 bits per heavy atom. The fraction of sp³-hybridized carbons (Fsp3) is 0.762. The number of hydrogen-bond donors (Lipinski definition) is 1. The van der Waals surface area contributed by atoms with E-state index in [4.69, 9.17) is 0 Å². The minimum absolute atomic E-state index is 0.0934. The first-order valence-corrected chi connectivity index (χ1v) is 9.58. The number of carbonyl (C=O) groups is 1. The molecule has 0 aromatic rings. The fourth-order valence-corrected chi connectivity index (χ4v) is 3.05. The Balaban J connectivity index is 1.98. The highest BCUT2D eigenvalue weighted by atomic mass is 16.5. The summed E-state index contributed by atoms with van der Waals surface area (Å²) in [6.45, 7) is 2.16. The van der Waals surface area contributed by atoms with Gasteiger partial charge in [0.05, 0.1) is 7.11 Å². The van der Waals surface area contributed by atoms with Crippen LogP contribution in [0.15, 0.2) is 12.2 Å². The summed E-state index contributed by atoms with van der Waals surface area (Å²) in [5.41, 5.74) is 0. The second-order valence-corrected chi connectivity index (χ2v) is 6.86. The molecule has 0 saturated heterocycles. The van der Waals surface area contributed by atoms with Gasteiger partial charge in [-0.1, -0.05) is 50.5 Å². The maximum atomic E-state index is 11.0. The Kier molecular flexibility index (Phi) is 11.3. The number of aliphatic hydroxyl groups is 1. The number of hydrogen-bond acceptors (Lipinski definition) is 3. The number of carbonyl (C=O) groups excluding carboxylic acids is 1. The van der Waals surface area contributed by atoms with E-state index in [-0.39, 0.29) is 5.97 Å². The van der Waals surface area contributed by atoms with E-state index in [2.05, 4.69) is 29.6 Å². The molecule has 3 heteroatoms. The molecule has 1 aliphatic rings. The minimum atomic E-state index is -0.473. The van der Waals surface area contributed by atoms with Crippen molar-refractivity contribution < 1.29 is 14.6 Å². The van der Waals surface area contributed by atoms with Crippen molar-refractivity contribution in [2.45, 2.75) is 83.7 Å². The number of rotatable bonds is 12. The highest BCUT2D eigenvalue weighted by Gasteiger charge is 2.34. The SMILES string of the molecule is CCCCC[C@H](O)C#CC=CCC[C@@H]1C[C@H]1CCCCC(=O)OC. The maximum absolute atomic E-state index is 11.0. The summed E-state index contributed by atoms with van der Waals surface area (Å²) in [7, 11) is 1.45. The van der Waals surface area contributed by atoms with Crippen molar-refractivity contribution in [3.05, 3.63) is 12.2 Å². The van der Waals surface area contributed by atoms with E-state index in [1.54, 1.807) is 0 Å². The van der Waals surface area contributed by atoms with Gasteiger partial charge in [-0.3, -0.25) is 4.79 Å². The Morgan fingerprint density at radius 3 is 2.79 bits per heavy atom. The summed E-state index contributed by atoms with van der Waals surface area (Å²) < 4.78 is 4.65. The monoisotopic (exact) mass is 334 g/mol. The summed E-state index contributed by atoms with van der Waals surface area (Å²) in [6.07, 6.45) is 15.2. The van der Waals surface area contributed by atoms with Gasteiger partial charge in [0.2, 0.25) is 0 Å². The predicted octanol–water partition coefficient (Wildman–Crippen LogP) is 4.64. The van der Waals surface area contributed by atoms with Crippen molar-refractivity contribution >= 4 is 5.97 Å². The van der Waals surface area contributed by atoms with Crippen LogP contribution in [0, 0.1) is 23.7 Å². The third-order valence-corrected chi connectivity index (χ3v) is 4.74. The van der Waals surface area contributed by atoms with Crippen LogP contribution in [0.2, 0.25) is 0 Å². The molecular weight excluding hydrogens is 300 g/mol. The molecule has 0 amide bonds. The van der Waals surface area contributed by atoms with Crippen molar-refractivity contribution in [2.75, 3.05) is 7.11 Å². The highest BCUT2D eigenvalue weighted by Crippen LogP contribution is 2.45. The van der Waals surface area contributed by atoms with Gasteiger partial charge in [0, 0.05) is 6.42 Å². The minimum Gasteiger partial charge on any atom is -0.469 e. The average Bonchev–Trinajstić information content (AvgIpc) is 3.33. The van der Waals surface area contributed by atoms with Gasteiger partial charge in [0.1, 0.15) is 6.10 Å². The summed E-state index contributed by atoms with van der Waals surface area (Å²) >= 11 is 0. The third kappa shape index (κ3) is 10.5. The zero-order chi connectivity index (χ0) is 17.6. The predicted molar refractivity (Wildman–Crippen MR) is 98.4 cm³/mol. The molecule has 24 heavy (non-hydrogen) atoms. The Labute approximate surface area is 147 Å². The lowest BCUT2D eigenvalue weighted by atomic mass is 10.1. The number of allylic oxidation sites excluding steroid dienone is 2.